The summed E-state index contributed by atoms with van der Waals surface area (Å²) in [6.07, 6.45) is 2.71. The summed E-state index contributed by atoms with van der Waals surface area (Å²) in [6.45, 7) is 9.68. The van der Waals surface area contributed by atoms with Crippen LogP contribution in [0.4, 0.5) is 5.95 Å². The second-order valence-corrected chi connectivity index (χ2v) is 6.16. The molecule has 0 bridgehead atoms. The normalized spacial score (nSPS) is 17.5. The quantitative estimate of drug-likeness (QED) is 0.822. The molecule has 1 atom stereocenters. The number of benzene rings is 1. The summed E-state index contributed by atoms with van der Waals surface area (Å²) in [5.74, 6) is 0.980. The third-order valence-corrected chi connectivity index (χ3v) is 4.55. The Morgan fingerprint density at radius 1 is 1.38 bits per heavy atom. The van der Waals surface area contributed by atoms with Gasteiger partial charge in [-0.2, -0.15) is 0 Å². The van der Waals surface area contributed by atoms with Crippen LogP contribution in [0.25, 0.3) is 11.0 Å². The van der Waals surface area contributed by atoms with Crippen LogP contribution >= 0.6 is 0 Å². The number of carbonyl (C=O) groups excluding carboxylic acids is 1. The molecule has 24 heavy (non-hydrogen) atoms. The number of hydrogen-bond donors (Lipinski definition) is 2. The first-order chi connectivity index (χ1) is 11.7. The number of H-pyrrole nitrogens is 1. The van der Waals surface area contributed by atoms with Crippen LogP contribution in [-0.4, -0.2) is 59.5 Å². The summed E-state index contributed by atoms with van der Waals surface area (Å²) in [5, 5.41) is 2.88. The molecule has 6 nitrogen and oxygen atoms in total. The summed E-state index contributed by atoms with van der Waals surface area (Å²) in [6, 6.07) is 7.95. The van der Waals surface area contributed by atoms with Gasteiger partial charge in [0.05, 0.1) is 17.1 Å². The summed E-state index contributed by atoms with van der Waals surface area (Å²) in [4.78, 5) is 24.7. The molecule has 1 amide bonds. The Kier molecular flexibility index (Phi) is 5.15. The molecular weight excluding hydrogens is 302 g/mol. The molecule has 1 aromatic carbocycles. The Morgan fingerprint density at radius 2 is 2.21 bits per heavy atom. The molecule has 2 heterocycles. The van der Waals surface area contributed by atoms with Crippen molar-refractivity contribution in [3.8, 4) is 0 Å². The van der Waals surface area contributed by atoms with E-state index in [4.69, 9.17) is 0 Å². The Labute approximate surface area is 142 Å². The number of amides is 1. The maximum absolute atomic E-state index is 12.1. The molecule has 1 unspecified atom stereocenters. The van der Waals surface area contributed by atoms with E-state index < -0.39 is 0 Å². The molecule has 0 spiro atoms. The second kappa shape index (κ2) is 7.49. The number of imidazole rings is 1. The van der Waals surface area contributed by atoms with Crippen LogP contribution in [-0.2, 0) is 4.79 Å². The van der Waals surface area contributed by atoms with Crippen LogP contribution in [0.2, 0.25) is 0 Å². The highest BCUT2D eigenvalue weighted by Crippen LogP contribution is 2.19. The maximum Gasteiger partial charge on any atom is 0.237 e. The molecule has 3 rings (SSSR count). The molecule has 0 saturated carbocycles. The first-order valence-electron chi connectivity index (χ1n) is 8.51. The van der Waals surface area contributed by atoms with Gasteiger partial charge in [-0.25, -0.2) is 4.98 Å². The van der Waals surface area contributed by atoms with Gasteiger partial charge in [0.25, 0.3) is 0 Å². The van der Waals surface area contributed by atoms with E-state index in [-0.39, 0.29) is 11.9 Å². The van der Waals surface area contributed by atoms with Gasteiger partial charge >= 0.3 is 0 Å². The molecule has 128 valence electrons. The molecule has 1 aliphatic rings. The van der Waals surface area contributed by atoms with E-state index in [0.717, 1.165) is 49.6 Å². The third kappa shape index (κ3) is 3.59. The van der Waals surface area contributed by atoms with Crippen molar-refractivity contribution in [3.05, 3.63) is 36.9 Å². The number of carbonyl (C=O) groups is 1. The first kappa shape index (κ1) is 16.5. The summed E-state index contributed by atoms with van der Waals surface area (Å²) in [7, 11) is 0. The van der Waals surface area contributed by atoms with Crippen LogP contribution in [0.15, 0.2) is 36.9 Å². The number of anilines is 1. The van der Waals surface area contributed by atoms with E-state index in [1.807, 2.05) is 31.2 Å². The van der Waals surface area contributed by atoms with Gasteiger partial charge in [0.2, 0.25) is 11.9 Å². The summed E-state index contributed by atoms with van der Waals surface area (Å²) >= 11 is 0. The predicted octanol–water partition coefficient (Wildman–Crippen LogP) is 1.77. The van der Waals surface area contributed by atoms with E-state index in [0.29, 0.717) is 6.54 Å². The molecule has 2 N–H and O–H groups in total. The number of nitrogens with one attached hydrogen (secondary N) is 2. The maximum atomic E-state index is 12.1. The molecule has 1 saturated heterocycles. The molecule has 0 radical (unpaired) electrons. The van der Waals surface area contributed by atoms with E-state index >= 15 is 0 Å². The van der Waals surface area contributed by atoms with Gasteiger partial charge in [0.15, 0.2) is 0 Å². The van der Waals surface area contributed by atoms with Crippen molar-refractivity contribution in [3.63, 3.8) is 0 Å². The van der Waals surface area contributed by atoms with Crippen molar-refractivity contribution < 1.29 is 4.79 Å². The van der Waals surface area contributed by atoms with Gasteiger partial charge in [-0.1, -0.05) is 18.2 Å². The minimum absolute atomic E-state index is 0.0621. The lowest BCUT2D eigenvalue weighted by Crippen LogP contribution is -2.46. The Hall–Kier alpha value is -2.34. The summed E-state index contributed by atoms with van der Waals surface area (Å²) in [5.41, 5.74) is 2.05. The fraction of sp³-hybridized carbons (Fsp3) is 0.444. The number of hydrogen-bond acceptors (Lipinski definition) is 4. The fourth-order valence-electron chi connectivity index (χ4n) is 3.11. The zero-order valence-electron chi connectivity index (χ0n) is 14.2. The standard InChI is InChI=1S/C18H25N5O/c1-3-9-19-17(24)14(2)22-10-6-11-23(13-12-22)18-20-15-7-4-5-8-16(15)21-18/h3-5,7-8,14H,1,6,9-13H2,2H3,(H,19,24)(H,20,21). The monoisotopic (exact) mass is 327 g/mol. The van der Waals surface area contributed by atoms with Gasteiger partial charge in [0.1, 0.15) is 0 Å². The Morgan fingerprint density at radius 3 is 3.00 bits per heavy atom. The van der Waals surface area contributed by atoms with Crippen molar-refractivity contribution in [2.45, 2.75) is 19.4 Å². The minimum atomic E-state index is -0.124. The van der Waals surface area contributed by atoms with Crippen molar-refractivity contribution in [1.82, 2.24) is 20.2 Å². The lowest BCUT2D eigenvalue weighted by Gasteiger charge is -2.26. The lowest BCUT2D eigenvalue weighted by atomic mass is 10.2. The van der Waals surface area contributed by atoms with E-state index in [9.17, 15) is 4.79 Å². The number of aromatic amines is 1. The highest BCUT2D eigenvalue weighted by molar-refractivity contribution is 5.81. The number of nitrogens with zero attached hydrogens (tertiary/aromatic N) is 3. The van der Waals surface area contributed by atoms with E-state index in [1.54, 1.807) is 6.08 Å². The first-order valence-corrected chi connectivity index (χ1v) is 8.51. The molecule has 1 aromatic heterocycles. The smallest absolute Gasteiger partial charge is 0.237 e. The number of rotatable bonds is 5. The van der Waals surface area contributed by atoms with Gasteiger partial charge in [-0.3, -0.25) is 9.69 Å². The summed E-state index contributed by atoms with van der Waals surface area (Å²) < 4.78 is 0. The van der Waals surface area contributed by atoms with Crippen molar-refractivity contribution >= 4 is 22.9 Å². The van der Waals surface area contributed by atoms with E-state index in [1.165, 1.54) is 0 Å². The highest BCUT2D eigenvalue weighted by atomic mass is 16.2. The average Bonchev–Trinajstić information content (AvgIpc) is 2.88. The number of para-hydroxylation sites is 2. The molecule has 0 aliphatic carbocycles. The predicted molar refractivity (Wildman–Crippen MR) is 97.2 cm³/mol. The van der Waals surface area contributed by atoms with Crippen LogP contribution < -0.4 is 10.2 Å². The van der Waals surface area contributed by atoms with Crippen molar-refractivity contribution in [2.75, 3.05) is 37.6 Å². The SMILES string of the molecule is C=CCNC(=O)C(C)N1CCCN(c2nc3ccccc3[nH]2)CC1. The average molecular weight is 327 g/mol. The fourth-order valence-corrected chi connectivity index (χ4v) is 3.11. The van der Waals surface area contributed by atoms with Crippen LogP contribution in [0.5, 0.6) is 0 Å². The molecular formula is C18H25N5O. The molecule has 1 fully saturated rings. The molecule has 6 heteroatoms. The zero-order valence-corrected chi connectivity index (χ0v) is 14.2. The van der Waals surface area contributed by atoms with Crippen LogP contribution in [0.3, 0.4) is 0 Å². The zero-order chi connectivity index (χ0) is 16.9. The lowest BCUT2D eigenvalue weighted by molar-refractivity contribution is -0.125. The second-order valence-electron chi connectivity index (χ2n) is 6.16. The highest BCUT2D eigenvalue weighted by Gasteiger charge is 2.24. The molecule has 2 aromatic rings. The minimum Gasteiger partial charge on any atom is -0.351 e. The van der Waals surface area contributed by atoms with E-state index in [2.05, 4.69) is 31.7 Å². The molecule has 1 aliphatic heterocycles. The van der Waals surface area contributed by atoms with Gasteiger partial charge in [-0.05, 0) is 25.5 Å². The Balaban J connectivity index is 1.64. The van der Waals surface area contributed by atoms with Crippen molar-refractivity contribution in [2.24, 2.45) is 0 Å². The van der Waals surface area contributed by atoms with Gasteiger partial charge < -0.3 is 15.2 Å². The number of fused-ring (bicyclic) bond motifs is 1. The number of aromatic nitrogens is 2. The topological polar surface area (TPSA) is 64.3 Å². The third-order valence-electron chi connectivity index (χ3n) is 4.55. The van der Waals surface area contributed by atoms with Gasteiger partial charge in [-0.15, -0.1) is 6.58 Å². The largest absolute Gasteiger partial charge is 0.351 e. The van der Waals surface area contributed by atoms with Crippen molar-refractivity contribution in [1.29, 1.82) is 0 Å². The van der Waals surface area contributed by atoms with Gasteiger partial charge in [0, 0.05) is 32.7 Å². The Bertz CT molecular complexity index is 677. The van der Waals surface area contributed by atoms with Crippen LogP contribution in [0.1, 0.15) is 13.3 Å². The van der Waals surface area contributed by atoms with Crippen LogP contribution in [0, 0.1) is 0 Å².